The summed E-state index contributed by atoms with van der Waals surface area (Å²) in [7, 11) is 0. The van der Waals surface area contributed by atoms with Crippen LogP contribution in [-0.2, 0) is 4.74 Å². The zero-order chi connectivity index (χ0) is 17.7. The third-order valence-corrected chi connectivity index (χ3v) is 5.24. The molecule has 1 aliphatic carbocycles. The fourth-order valence-electron chi connectivity index (χ4n) is 3.61. The minimum Gasteiger partial charge on any atom is -0.508 e. The average Bonchev–Trinajstić information content (AvgIpc) is 2.51. The van der Waals surface area contributed by atoms with Gasteiger partial charge in [0.05, 0.1) is 11.7 Å². The van der Waals surface area contributed by atoms with Crippen molar-refractivity contribution in [1.29, 1.82) is 0 Å². The second kappa shape index (κ2) is 8.20. The Hall–Kier alpha value is -1.28. The number of aliphatic hydroxyl groups excluding tert-OH is 1. The molecule has 1 N–H and O–H groups in total. The zero-order valence-corrected chi connectivity index (χ0v) is 16.1. The predicted molar refractivity (Wildman–Crippen MR) is 102 cm³/mol. The lowest BCUT2D eigenvalue weighted by Crippen LogP contribution is -2.41. The van der Waals surface area contributed by atoms with Crippen LogP contribution in [0.25, 0.3) is 0 Å². The molecular weight excluding hydrogens is 296 g/mol. The number of unbranched alkanes of at least 4 members (excludes halogenated alkanes) is 2. The van der Waals surface area contributed by atoms with Crippen LogP contribution in [0, 0.1) is 5.92 Å². The van der Waals surface area contributed by atoms with Gasteiger partial charge in [-0.1, -0.05) is 56.1 Å². The molecule has 0 spiro atoms. The minimum atomic E-state index is -0.249. The Balaban J connectivity index is 2.12. The molecule has 0 radical (unpaired) electrons. The summed E-state index contributed by atoms with van der Waals surface area (Å²) in [4.78, 5) is 0. The number of aliphatic hydroxyl groups is 1. The van der Waals surface area contributed by atoms with Crippen molar-refractivity contribution in [1.82, 2.24) is 0 Å². The van der Waals surface area contributed by atoms with Gasteiger partial charge in [0.1, 0.15) is 5.76 Å². The molecule has 2 unspecified atom stereocenters. The van der Waals surface area contributed by atoms with E-state index in [1.165, 1.54) is 30.4 Å². The Morgan fingerprint density at radius 3 is 2.75 bits per heavy atom. The number of fused-ring (bicyclic) bond motifs is 1. The van der Waals surface area contributed by atoms with E-state index in [0.717, 1.165) is 24.8 Å². The van der Waals surface area contributed by atoms with Gasteiger partial charge in [-0.2, -0.15) is 0 Å². The summed E-state index contributed by atoms with van der Waals surface area (Å²) in [6, 6.07) is 0. The summed E-state index contributed by atoms with van der Waals surface area (Å²) in [5.74, 6) is 0.729. The molecule has 2 rings (SSSR count). The van der Waals surface area contributed by atoms with E-state index in [-0.39, 0.29) is 11.7 Å². The van der Waals surface area contributed by atoms with Gasteiger partial charge in [-0.15, -0.1) is 0 Å². The van der Waals surface area contributed by atoms with E-state index in [0.29, 0.717) is 11.7 Å². The Morgan fingerprint density at radius 2 is 2.08 bits per heavy atom. The lowest BCUT2D eigenvalue weighted by molar-refractivity contribution is -0.0627. The Bertz CT molecular complexity index is 561. The fraction of sp³-hybridized carbons (Fsp3) is 0.636. The minimum absolute atomic E-state index is 0.0201. The molecule has 3 atom stereocenters. The van der Waals surface area contributed by atoms with Crippen molar-refractivity contribution in [3.05, 3.63) is 46.8 Å². The molecular formula is C22H34O2. The average molecular weight is 331 g/mol. The third kappa shape index (κ3) is 4.63. The van der Waals surface area contributed by atoms with E-state index in [1.54, 1.807) is 0 Å². The van der Waals surface area contributed by atoms with Crippen molar-refractivity contribution >= 4 is 0 Å². The molecule has 2 nitrogen and oxygen atoms in total. The normalized spacial score (nSPS) is 29.3. The SMILES string of the molecule is CCCCCC1=CC(O)=C2C=C[C@](C)(CCC=C(C)C)OC2C1C. The van der Waals surface area contributed by atoms with Crippen molar-refractivity contribution < 1.29 is 9.84 Å². The van der Waals surface area contributed by atoms with Gasteiger partial charge in [0, 0.05) is 11.5 Å². The molecule has 0 saturated carbocycles. The Kier molecular flexibility index (Phi) is 6.51. The summed E-state index contributed by atoms with van der Waals surface area (Å²) in [6.45, 7) is 10.9. The summed E-state index contributed by atoms with van der Waals surface area (Å²) >= 11 is 0. The standard InChI is InChI=1S/C22H34O2/c1-6-7-8-11-18-15-20(23)19-12-14-22(5,13-9-10-16(2)3)24-21(19)17(18)4/h10,12,14-15,17,21,23H,6-9,11,13H2,1-5H3/t17?,21?,22-/m0/s1. The highest BCUT2D eigenvalue weighted by Crippen LogP contribution is 2.40. The summed E-state index contributed by atoms with van der Waals surface area (Å²) in [5, 5.41) is 10.4. The monoisotopic (exact) mass is 330 g/mol. The van der Waals surface area contributed by atoms with Crippen molar-refractivity contribution in [3.8, 4) is 0 Å². The first kappa shape index (κ1) is 19.1. The molecule has 0 saturated heterocycles. The van der Waals surface area contributed by atoms with Crippen LogP contribution in [0.5, 0.6) is 0 Å². The van der Waals surface area contributed by atoms with Gasteiger partial charge in [0.2, 0.25) is 0 Å². The van der Waals surface area contributed by atoms with Crippen LogP contribution in [0.3, 0.4) is 0 Å². The summed E-state index contributed by atoms with van der Waals surface area (Å²) in [6.07, 6.45) is 15.1. The van der Waals surface area contributed by atoms with Crippen LogP contribution in [0.2, 0.25) is 0 Å². The molecule has 1 aliphatic heterocycles. The van der Waals surface area contributed by atoms with Gasteiger partial charge in [0.15, 0.2) is 0 Å². The highest BCUT2D eigenvalue weighted by molar-refractivity contribution is 5.42. The Morgan fingerprint density at radius 1 is 1.33 bits per heavy atom. The van der Waals surface area contributed by atoms with Crippen molar-refractivity contribution in [2.45, 2.75) is 84.8 Å². The molecule has 0 bridgehead atoms. The maximum absolute atomic E-state index is 10.4. The van der Waals surface area contributed by atoms with Crippen LogP contribution in [0.4, 0.5) is 0 Å². The molecule has 0 aromatic rings. The molecule has 0 amide bonds. The molecule has 0 aromatic carbocycles. The second-order valence-corrected chi connectivity index (χ2v) is 7.81. The quantitative estimate of drug-likeness (QED) is 0.431. The van der Waals surface area contributed by atoms with Crippen LogP contribution >= 0.6 is 0 Å². The first-order valence-electron chi connectivity index (χ1n) is 9.50. The summed E-state index contributed by atoms with van der Waals surface area (Å²) in [5.41, 5.74) is 3.38. The molecule has 0 aromatic heterocycles. The van der Waals surface area contributed by atoms with E-state index in [2.05, 4.69) is 52.8 Å². The Labute approximate surface area is 148 Å². The maximum atomic E-state index is 10.4. The van der Waals surface area contributed by atoms with Crippen LogP contribution in [0.15, 0.2) is 46.8 Å². The molecule has 2 heteroatoms. The van der Waals surface area contributed by atoms with Gasteiger partial charge < -0.3 is 9.84 Å². The van der Waals surface area contributed by atoms with Crippen LogP contribution < -0.4 is 0 Å². The van der Waals surface area contributed by atoms with Crippen LogP contribution in [0.1, 0.15) is 73.1 Å². The predicted octanol–water partition coefficient (Wildman–Crippen LogP) is 6.42. The number of hydrogen-bond acceptors (Lipinski definition) is 2. The van der Waals surface area contributed by atoms with Crippen molar-refractivity contribution in [2.75, 3.05) is 0 Å². The molecule has 2 aliphatic rings. The first-order valence-corrected chi connectivity index (χ1v) is 9.50. The van der Waals surface area contributed by atoms with Gasteiger partial charge in [-0.25, -0.2) is 0 Å². The first-order chi connectivity index (χ1) is 11.4. The maximum Gasteiger partial charge on any atom is 0.121 e. The largest absolute Gasteiger partial charge is 0.508 e. The van der Waals surface area contributed by atoms with Gasteiger partial charge >= 0.3 is 0 Å². The second-order valence-electron chi connectivity index (χ2n) is 7.81. The van der Waals surface area contributed by atoms with Gasteiger partial charge in [-0.3, -0.25) is 0 Å². The van der Waals surface area contributed by atoms with Crippen molar-refractivity contribution in [3.63, 3.8) is 0 Å². The van der Waals surface area contributed by atoms with E-state index in [9.17, 15) is 5.11 Å². The van der Waals surface area contributed by atoms with Gasteiger partial charge in [-0.05, 0) is 52.5 Å². The summed E-state index contributed by atoms with van der Waals surface area (Å²) < 4.78 is 6.50. The molecule has 24 heavy (non-hydrogen) atoms. The third-order valence-electron chi connectivity index (χ3n) is 5.24. The van der Waals surface area contributed by atoms with E-state index in [1.807, 2.05) is 6.08 Å². The lowest BCUT2D eigenvalue weighted by atomic mass is 9.79. The highest BCUT2D eigenvalue weighted by Gasteiger charge is 2.38. The van der Waals surface area contributed by atoms with E-state index < -0.39 is 0 Å². The lowest BCUT2D eigenvalue weighted by Gasteiger charge is -2.41. The highest BCUT2D eigenvalue weighted by atomic mass is 16.5. The number of hydrogen-bond donors (Lipinski definition) is 1. The molecule has 1 heterocycles. The smallest absolute Gasteiger partial charge is 0.121 e. The van der Waals surface area contributed by atoms with Crippen LogP contribution in [-0.4, -0.2) is 16.8 Å². The number of rotatable bonds is 7. The van der Waals surface area contributed by atoms with E-state index >= 15 is 0 Å². The van der Waals surface area contributed by atoms with Crippen molar-refractivity contribution in [2.24, 2.45) is 5.92 Å². The fourth-order valence-corrected chi connectivity index (χ4v) is 3.61. The molecule has 134 valence electrons. The topological polar surface area (TPSA) is 29.5 Å². The number of ether oxygens (including phenoxy) is 1. The number of allylic oxidation sites excluding steroid dienone is 3. The van der Waals surface area contributed by atoms with E-state index in [4.69, 9.17) is 4.74 Å². The van der Waals surface area contributed by atoms with Gasteiger partial charge in [0.25, 0.3) is 0 Å². The zero-order valence-electron chi connectivity index (χ0n) is 16.1. The molecule has 0 fully saturated rings.